The number of carbonyl (C=O) groups is 2. The average molecular weight is 436 g/mol. The second kappa shape index (κ2) is 9.97. The molecule has 7 heteroatoms. The van der Waals surface area contributed by atoms with Gasteiger partial charge in [0.15, 0.2) is 0 Å². The van der Waals surface area contributed by atoms with E-state index in [0.29, 0.717) is 25.0 Å². The van der Waals surface area contributed by atoms with Crippen molar-refractivity contribution in [3.8, 4) is 0 Å². The SMILES string of the molecule is CCCCC1N(CC2CCCCC2)C(=O)OC12CCN(C1CCN(C(=O)O)CC1)CC2. The predicted molar refractivity (Wildman–Crippen MR) is 119 cm³/mol. The van der Waals surface area contributed by atoms with Crippen molar-refractivity contribution in [3.63, 3.8) is 0 Å². The lowest BCUT2D eigenvalue weighted by Gasteiger charge is -2.46. The molecule has 1 unspecified atom stereocenters. The van der Waals surface area contributed by atoms with Gasteiger partial charge in [0.1, 0.15) is 5.60 Å². The van der Waals surface area contributed by atoms with Gasteiger partial charge in [0.2, 0.25) is 0 Å². The van der Waals surface area contributed by atoms with Crippen LogP contribution in [0.3, 0.4) is 0 Å². The summed E-state index contributed by atoms with van der Waals surface area (Å²) in [5.74, 6) is 0.639. The molecule has 0 aromatic heterocycles. The summed E-state index contributed by atoms with van der Waals surface area (Å²) >= 11 is 0. The number of amides is 2. The molecule has 1 spiro atoms. The fourth-order valence-corrected chi connectivity index (χ4v) is 6.50. The molecule has 1 aliphatic carbocycles. The lowest BCUT2D eigenvalue weighted by molar-refractivity contribution is -0.0386. The van der Waals surface area contributed by atoms with Crippen molar-refractivity contribution in [1.29, 1.82) is 0 Å². The molecule has 0 aromatic rings. The molecule has 31 heavy (non-hydrogen) atoms. The van der Waals surface area contributed by atoms with Crippen LogP contribution in [0.25, 0.3) is 0 Å². The fourth-order valence-electron chi connectivity index (χ4n) is 6.50. The third-order valence-electron chi connectivity index (χ3n) is 8.42. The zero-order chi connectivity index (χ0) is 21.8. The first-order valence-corrected chi connectivity index (χ1v) is 12.7. The molecule has 0 bridgehead atoms. The Morgan fingerprint density at radius 2 is 1.74 bits per heavy atom. The minimum Gasteiger partial charge on any atom is -0.465 e. The van der Waals surface area contributed by atoms with Crippen LogP contribution < -0.4 is 0 Å². The Morgan fingerprint density at radius 1 is 1.06 bits per heavy atom. The lowest BCUT2D eigenvalue weighted by Crippen LogP contribution is -2.56. The van der Waals surface area contributed by atoms with Gasteiger partial charge in [-0.05, 0) is 38.0 Å². The fraction of sp³-hybridized carbons (Fsp3) is 0.917. The summed E-state index contributed by atoms with van der Waals surface area (Å²) in [6, 6.07) is 0.676. The van der Waals surface area contributed by atoms with E-state index in [1.807, 2.05) is 0 Å². The molecule has 1 saturated carbocycles. The van der Waals surface area contributed by atoms with Gasteiger partial charge >= 0.3 is 12.2 Å². The van der Waals surface area contributed by atoms with Crippen molar-refractivity contribution < 1.29 is 19.4 Å². The van der Waals surface area contributed by atoms with Crippen LogP contribution in [0.4, 0.5) is 9.59 Å². The van der Waals surface area contributed by atoms with Crippen molar-refractivity contribution in [1.82, 2.24) is 14.7 Å². The Morgan fingerprint density at radius 3 is 2.35 bits per heavy atom. The summed E-state index contributed by atoms with van der Waals surface area (Å²) in [5, 5.41) is 9.20. The number of unbranched alkanes of at least 4 members (excludes halogenated alkanes) is 1. The molecule has 3 saturated heterocycles. The van der Waals surface area contributed by atoms with Crippen LogP contribution >= 0.6 is 0 Å². The van der Waals surface area contributed by atoms with Crippen LogP contribution in [0.1, 0.15) is 84.0 Å². The van der Waals surface area contributed by atoms with E-state index in [4.69, 9.17) is 4.74 Å². The van der Waals surface area contributed by atoms with Crippen molar-refractivity contribution in [2.24, 2.45) is 5.92 Å². The second-order valence-electron chi connectivity index (χ2n) is 10.3. The van der Waals surface area contributed by atoms with E-state index in [1.54, 1.807) is 0 Å². The summed E-state index contributed by atoms with van der Waals surface area (Å²) in [6.07, 6.45) is 12.5. The van der Waals surface area contributed by atoms with Gasteiger partial charge in [-0.3, -0.25) is 4.90 Å². The molecule has 4 aliphatic rings. The van der Waals surface area contributed by atoms with E-state index in [9.17, 15) is 14.7 Å². The van der Waals surface area contributed by atoms with E-state index in [-0.39, 0.29) is 17.7 Å². The number of ether oxygens (including phenoxy) is 1. The first-order valence-electron chi connectivity index (χ1n) is 12.7. The maximum Gasteiger partial charge on any atom is 0.410 e. The minimum absolute atomic E-state index is 0.0742. The summed E-state index contributed by atoms with van der Waals surface area (Å²) < 4.78 is 6.21. The monoisotopic (exact) mass is 435 g/mol. The van der Waals surface area contributed by atoms with Gasteiger partial charge in [-0.25, -0.2) is 9.59 Å². The van der Waals surface area contributed by atoms with E-state index >= 15 is 0 Å². The highest BCUT2D eigenvalue weighted by molar-refractivity contribution is 5.71. The maximum absolute atomic E-state index is 13.0. The van der Waals surface area contributed by atoms with Crippen molar-refractivity contribution in [2.75, 3.05) is 32.7 Å². The standard InChI is InChI=1S/C24H41N3O4/c1-2-3-9-21-24(31-23(30)27(21)18-19-7-5-4-6-8-19)12-16-25(17-13-24)20-10-14-26(15-11-20)22(28)29/h19-21H,2-18H2,1H3,(H,28,29). The van der Waals surface area contributed by atoms with E-state index in [1.165, 1.54) is 37.0 Å². The Labute approximate surface area is 187 Å². The van der Waals surface area contributed by atoms with Gasteiger partial charge in [0, 0.05) is 51.6 Å². The smallest absolute Gasteiger partial charge is 0.410 e. The molecule has 3 aliphatic heterocycles. The summed E-state index contributed by atoms with van der Waals surface area (Å²) in [4.78, 5) is 30.4. The van der Waals surface area contributed by atoms with Crippen molar-refractivity contribution >= 4 is 12.2 Å². The number of nitrogens with zero attached hydrogens (tertiary/aromatic N) is 3. The van der Waals surface area contributed by atoms with Gasteiger partial charge in [0.05, 0.1) is 6.04 Å². The van der Waals surface area contributed by atoms with Crippen LogP contribution in [0.15, 0.2) is 0 Å². The minimum atomic E-state index is -0.800. The molecule has 0 aromatic carbocycles. The van der Waals surface area contributed by atoms with Gasteiger partial charge in [-0.1, -0.05) is 39.0 Å². The number of hydrogen-bond donors (Lipinski definition) is 1. The quantitative estimate of drug-likeness (QED) is 0.662. The van der Waals surface area contributed by atoms with Crippen LogP contribution in [-0.4, -0.2) is 82.4 Å². The lowest BCUT2D eigenvalue weighted by atomic mass is 9.80. The van der Waals surface area contributed by atoms with Gasteiger partial charge < -0.3 is 19.6 Å². The Hall–Kier alpha value is -1.50. The molecular weight excluding hydrogens is 394 g/mol. The van der Waals surface area contributed by atoms with Crippen molar-refractivity contribution in [3.05, 3.63) is 0 Å². The van der Waals surface area contributed by atoms with Crippen LogP contribution in [0.2, 0.25) is 0 Å². The molecule has 1 N–H and O–H groups in total. The summed E-state index contributed by atoms with van der Waals surface area (Å²) in [6.45, 7) is 6.26. The van der Waals surface area contributed by atoms with Crippen molar-refractivity contribution in [2.45, 2.75) is 102 Å². The highest BCUT2D eigenvalue weighted by atomic mass is 16.6. The first kappa shape index (κ1) is 22.7. The third kappa shape index (κ3) is 4.96. The Kier molecular flexibility index (Phi) is 7.29. The van der Waals surface area contributed by atoms with Gasteiger partial charge in [0.25, 0.3) is 0 Å². The molecule has 1 atom stereocenters. The van der Waals surface area contributed by atoms with E-state index in [0.717, 1.165) is 64.6 Å². The normalized spacial score (nSPS) is 28.3. The average Bonchev–Trinajstić information content (AvgIpc) is 3.03. The molecule has 2 amide bonds. The molecule has 7 nitrogen and oxygen atoms in total. The van der Waals surface area contributed by atoms with Crippen LogP contribution in [0, 0.1) is 5.92 Å². The number of hydrogen-bond acceptors (Lipinski definition) is 4. The Balaban J connectivity index is 1.38. The van der Waals surface area contributed by atoms with E-state index in [2.05, 4.69) is 16.7 Å². The molecule has 0 radical (unpaired) electrons. The molecule has 4 fully saturated rings. The number of rotatable bonds is 6. The molecule has 4 rings (SSSR count). The topological polar surface area (TPSA) is 73.3 Å². The van der Waals surface area contributed by atoms with Crippen LogP contribution in [-0.2, 0) is 4.74 Å². The molecule has 3 heterocycles. The third-order valence-corrected chi connectivity index (χ3v) is 8.42. The van der Waals surface area contributed by atoms with E-state index < -0.39 is 6.09 Å². The Bertz CT molecular complexity index is 620. The summed E-state index contributed by atoms with van der Waals surface area (Å²) in [7, 11) is 0. The largest absolute Gasteiger partial charge is 0.465 e. The maximum atomic E-state index is 13.0. The highest BCUT2D eigenvalue weighted by Gasteiger charge is 2.55. The van der Waals surface area contributed by atoms with Crippen LogP contribution in [0.5, 0.6) is 0 Å². The predicted octanol–water partition coefficient (Wildman–Crippen LogP) is 4.55. The zero-order valence-electron chi connectivity index (χ0n) is 19.3. The molecule has 176 valence electrons. The number of carboxylic acid groups (broad SMARTS) is 1. The molecular formula is C24H41N3O4. The van der Waals surface area contributed by atoms with Gasteiger partial charge in [-0.2, -0.15) is 0 Å². The first-order chi connectivity index (χ1) is 15.0. The summed E-state index contributed by atoms with van der Waals surface area (Å²) in [5.41, 5.74) is -0.320. The highest BCUT2D eigenvalue weighted by Crippen LogP contribution is 2.42. The number of piperidine rings is 2. The number of likely N-dealkylation sites (tertiary alicyclic amines) is 2. The zero-order valence-corrected chi connectivity index (χ0v) is 19.3. The van der Waals surface area contributed by atoms with Gasteiger partial charge in [-0.15, -0.1) is 0 Å². The number of carbonyl (C=O) groups excluding carboxylic acids is 1. The second-order valence-corrected chi connectivity index (χ2v) is 10.3.